The van der Waals surface area contributed by atoms with Crippen molar-refractivity contribution in [3.8, 4) is 0 Å². The van der Waals surface area contributed by atoms with Gasteiger partial charge in [0.1, 0.15) is 5.82 Å². The van der Waals surface area contributed by atoms with Crippen molar-refractivity contribution in [1.82, 2.24) is 4.90 Å². The number of nitrogens with zero attached hydrogens (tertiary/aromatic N) is 2. The van der Waals surface area contributed by atoms with Crippen LogP contribution in [0.25, 0.3) is 0 Å². The first kappa shape index (κ1) is 18.9. The summed E-state index contributed by atoms with van der Waals surface area (Å²) in [5, 5.41) is 0. The summed E-state index contributed by atoms with van der Waals surface area (Å²) in [5.41, 5.74) is 3.25. The summed E-state index contributed by atoms with van der Waals surface area (Å²) in [4.78, 5) is 28.9. The van der Waals surface area contributed by atoms with Gasteiger partial charge in [-0.3, -0.25) is 9.59 Å². The second kappa shape index (κ2) is 7.02. The highest BCUT2D eigenvalue weighted by molar-refractivity contribution is 8.01. The Bertz CT molecular complexity index is 1130. The van der Waals surface area contributed by atoms with Gasteiger partial charge >= 0.3 is 0 Å². The van der Waals surface area contributed by atoms with Gasteiger partial charge in [0.2, 0.25) is 0 Å². The summed E-state index contributed by atoms with van der Waals surface area (Å²) >= 11 is 1.37. The van der Waals surface area contributed by atoms with Crippen molar-refractivity contribution in [2.45, 2.75) is 18.3 Å². The fourth-order valence-corrected chi connectivity index (χ4v) is 5.61. The molecule has 30 heavy (non-hydrogen) atoms. The second-order valence-corrected chi connectivity index (χ2v) is 8.75. The first-order valence-electron chi connectivity index (χ1n) is 9.68. The number of halogens is 1. The van der Waals surface area contributed by atoms with Crippen LogP contribution in [-0.4, -0.2) is 29.0 Å². The van der Waals surface area contributed by atoms with Crippen molar-refractivity contribution in [1.29, 1.82) is 0 Å². The third-order valence-corrected chi connectivity index (χ3v) is 7.01. The molecule has 2 aromatic carbocycles. The van der Waals surface area contributed by atoms with Gasteiger partial charge in [-0.1, -0.05) is 29.8 Å². The van der Waals surface area contributed by atoms with Crippen LogP contribution in [0.1, 0.15) is 27.2 Å². The molecule has 0 aliphatic carbocycles. The van der Waals surface area contributed by atoms with Gasteiger partial charge in [0.05, 0.1) is 18.5 Å². The molecule has 152 valence electrons. The number of carbonyl (C=O) groups excluding carboxylic acids is 2. The summed E-state index contributed by atoms with van der Waals surface area (Å²) in [5.74, 6) is -0.292. The van der Waals surface area contributed by atoms with E-state index in [1.165, 1.54) is 35.1 Å². The zero-order chi connectivity index (χ0) is 20.9. The number of rotatable bonds is 3. The average molecular weight is 422 g/mol. The summed E-state index contributed by atoms with van der Waals surface area (Å²) in [7, 11) is 0. The fraction of sp³-hybridized carbons (Fsp3) is 0.217. The van der Waals surface area contributed by atoms with Crippen LogP contribution in [0.15, 0.2) is 65.3 Å². The van der Waals surface area contributed by atoms with Gasteiger partial charge in [-0.2, -0.15) is 0 Å². The molecule has 3 aromatic rings. The molecule has 0 bridgehead atoms. The minimum Gasteiger partial charge on any atom is -0.459 e. The molecule has 5 nitrogen and oxygen atoms in total. The minimum atomic E-state index is -1.29. The molecule has 1 saturated heterocycles. The number of hydrogen-bond acceptors (Lipinski definition) is 4. The Hall–Kier alpha value is -3.06. The van der Waals surface area contributed by atoms with E-state index in [1.807, 2.05) is 31.2 Å². The maximum absolute atomic E-state index is 14.3. The van der Waals surface area contributed by atoms with Gasteiger partial charge < -0.3 is 14.2 Å². The van der Waals surface area contributed by atoms with Crippen LogP contribution in [0.3, 0.4) is 0 Å². The number of amides is 2. The lowest BCUT2D eigenvalue weighted by Crippen LogP contribution is -2.50. The molecule has 0 N–H and O–H groups in total. The van der Waals surface area contributed by atoms with Crippen molar-refractivity contribution in [2.24, 2.45) is 0 Å². The van der Waals surface area contributed by atoms with Crippen molar-refractivity contribution in [3.05, 3.63) is 89.1 Å². The van der Waals surface area contributed by atoms with E-state index in [0.29, 0.717) is 30.1 Å². The normalized spacial score (nSPS) is 20.3. The molecule has 1 spiro atoms. The molecule has 0 unspecified atom stereocenters. The zero-order valence-corrected chi connectivity index (χ0v) is 17.1. The monoisotopic (exact) mass is 422 g/mol. The van der Waals surface area contributed by atoms with Crippen LogP contribution in [0.4, 0.5) is 10.1 Å². The lowest BCUT2D eigenvalue weighted by Gasteiger charge is -2.32. The van der Waals surface area contributed by atoms with Gasteiger partial charge in [0.15, 0.2) is 10.6 Å². The van der Waals surface area contributed by atoms with E-state index >= 15 is 0 Å². The first-order valence-corrected chi connectivity index (χ1v) is 10.7. The molecular formula is C23H19FN2O3S. The molecule has 7 heteroatoms. The number of hydrogen-bond donors (Lipinski definition) is 0. The van der Waals surface area contributed by atoms with E-state index in [1.54, 1.807) is 23.1 Å². The van der Waals surface area contributed by atoms with Gasteiger partial charge in [-0.05, 0) is 42.8 Å². The number of furan rings is 1. The van der Waals surface area contributed by atoms with Crippen LogP contribution in [0.2, 0.25) is 0 Å². The fourth-order valence-electron chi connectivity index (χ4n) is 4.15. The molecule has 2 aliphatic rings. The van der Waals surface area contributed by atoms with Gasteiger partial charge in [-0.15, -0.1) is 11.8 Å². The highest BCUT2D eigenvalue weighted by atomic mass is 32.2. The predicted octanol–water partition coefficient (Wildman–Crippen LogP) is 4.32. The Labute approximate surface area is 177 Å². The van der Waals surface area contributed by atoms with Crippen LogP contribution < -0.4 is 4.90 Å². The van der Waals surface area contributed by atoms with Crippen molar-refractivity contribution in [3.63, 3.8) is 0 Å². The van der Waals surface area contributed by atoms with Crippen molar-refractivity contribution in [2.75, 3.05) is 17.2 Å². The van der Waals surface area contributed by atoms with Crippen LogP contribution >= 0.6 is 11.8 Å². The number of carbonyl (C=O) groups is 2. The highest BCUT2D eigenvalue weighted by Crippen LogP contribution is 2.54. The standard InChI is InChI=1S/C23H19FN2O3S/c1-15-4-6-16(7-5-15)14-25-19-9-8-17(24)13-18(19)23(22(25)28)26(10-12-30-23)21(27)20-3-2-11-29-20/h2-9,11,13H,10,12,14H2,1H3/t23-/m0/s1. The van der Waals surface area contributed by atoms with E-state index in [-0.39, 0.29) is 17.6 Å². The van der Waals surface area contributed by atoms with E-state index in [2.05, 4.69) is 0 Å². The Balaban J connectivity index is 1.60. The largest absolute Gasteiger partial charge is 0.459 e. The molecule has 3 heterocycles. The van der Waals surface area contributed by atoms with E-state index in [9.17, 15) is 14.0 Å². The summed E-state index contributed by atoms with van der Waals surface area (Å²) < 4.78 is 19.6. The summed E-state index contributed by atoms with van der Waals surface area (Å²) in [6, 6.07) is 15.5. The smallest absolute Gasteiger partial charge is 0.291 e. The quantitative estimate of drug-likeness (QED) is 0.631. The molecule has 2 amide bonds. The molecule has 0 saturated carbocycles. The Kier molecular flexibility index (Phi) is 4.43. The lowest BCUT2D eigenvalue weighted by molar-refractivity contribution is -0.123. The minimum absolute atomic E-state index is 0.166. The van der Waals surface area contributed by atoms with Gasteiger partial charge in [-0.25, -0.2) is 4.39 Å². The average Bonchev–Trinajstić information content (AvgIpc) is 3.47. The van der Waals surface area contributed by atoms with E-state index < -0.39 is 10.7 Å². The van der Waals surface area contributed by atoms with Gasteiger partial charge in [0, 0.05) is 17.9 Å². The topological polar surface area (TPSA) is 53.8 Å². The van der Waals surface area contributed by atoms with Crippen LogP contribution in [0.5, 0.6) is 0 Å². The molecule has 1 aromatic heterocycles. The van der Waals surface area contributed by atoms with Crippen LogP contribution in [-0.2, 0) is 16.2 Å². The maximum atomic E-state index is 14.3. The molecule has 0 radical (unpaired) electrons. The van der Waals surface area contributed by atoms with Crippen LogP contribution in [0, 0.1) is 12.7 Å². The Morgan fingerprint density at radius 1 is 1.20 bits per heavy atom. The third-order valence-electron chi connectivity index (χ3n) is 5.59. The number of benzene rings is 2. The summed E-state index contributed by atoms with van der Waals surface area (Å²) in [6.07, 6.45) is 1.43. The van der Waals surface area contributed by atoms with E-state index in [0.717, 1.165) is 11.1 Å². The van der Waals surface area contributed by atoms with Crippen molar-refractivity contribution < 1.29 is 18.4 Å². The predicted molar refractivity (Wildman–Crippen MR) is 113 cm³/mol. The molecule has 1 atom stereocenters. The number of fused-ring (bicyclic) bond motifs is 2. The zero-order valence-electron chi connectivity index (χ0n) is 16.3. The van der Waals surface area contributed by atoms with Gasteiger partial charge in [0.25, 0.3) is 11.8 Å². The maximum Gasteiger partial charge on any atom is 0.291 e. The highest BCUT2D eigenvalue weighted by Gasteiger charge is 2.59. The lowest BCUT2D eigenvalue weighted by atomic mass is 10.1. The second-order valence-electron chi connectivity index (χ2n) is 7.46. The Morgan fingerprint density at radius 2 is 2.00 bits per heavy atom. The molecule has 1 fully saturated rings. The molecule has 5 rings (SSSR count). The molecular weight excluding hydrogens is 403 g/mol. The third kappa shape index (κ3) is 2.76. The SMILES string of the molecule is Cc1ccc(CN2C(=O)[C@@]3(SCCN3C(=O)c3ccco3)c3cc(F)ccc32)cc1. The first-order chi connectivity index (χ1) is 14.5. The molecule has 2 aliphatic heterocycles. The Morgan fingerprint density at radius 3 is 2.73 bits per heavy atom. The summed E-state index contributed by atoms with van der Waals surface area (Å²) in [6.45, 7) is 2.73. The van der Waals surface area contributed by atoms with Crippen molar-refractivity contribution >= 4 is 29.3 Å². The number of anilines is 1. The van der Waals surface area contributed by atoms with E-state index in [4.69, 9.17) is 4.42 Å². The number of thioether (sulfide) groups is 1. The number of aryl methyl sites for hydroxylation is 1.